The van der Waals surface area contributed by atoms with Crippen molar-refractivity contribution in [2.75, 3.05) is 0 Å². The van der Waals surface area contributed by atoms with E-state index >= 15 is 0 Å². The van der Waals surface area contributed by atoms with E-state index < -0.39 is 0 Å². The van der Waals surface area contributed by atoms with Crippen LogP contribution in [0.2, 0.25) is 0 Å². The third kappa shape index (κ3) is 4.69. The van der Waals surface area contributed by atoms with Gasteiger partial charge < -0.3 is 0 Å². The standard InChI is InChI=1S/C13H28/c1-10(2)8-13(7,12(5)6)9-11(3)4/h10-12H,8-9H2,1-7H3. The molecule has 0 spiro atoms. The van der Waals surface area contributed by atoms with E-state index in [1.165, 1.54) is 12.8 Å². The summed E-state index contributed by atoms with van der Waals surface area (Å²) in [6, 6.07) is 0. The maximum absolute atomic E-state index is 2.46. The quantitative estimate of drug-likeness (QED) is 0.579. The van der Waals surface area contributed by atoms with Crippen LogP contribution in [0, 0.1) is 23.2 Å². The maximum Gasteiger partial charge on any atom is -0.0298 e. The summed E-state index contributed by atoms with van der Waals surface area (Å²) in [5, 5.41) is 0. The lowest BCUT2D eigenvalue weighted by molar-refractivity contribution is 0.135. The molecule has 0 aliphatic rings. The molecule has 0 heterocycles. The van der Waals surface area contributed by atoms with E-state index in [0.717, 1.165) is 17.8 Å². The van der Waals surface area contributed by atoms with Gasteiger partial charge in [0.25, 0.3) is 0 Å². The molecule has 0 bridgehead atoms. The number of hydrogen-bond acceptors (Lipinski definition) is 0. The Labute approximate surface area is 85.1 Å². The van der Waals surface area contributed by atoms with Crippen molar-refractivity contribution in [2.45, 2.75) is 61.3 Å². The Morgan fingerprint density at radius 2 is 1.08 bits per heavy atom. The molecule has 0 aliphatic carbocycles. The van der Waals surface area contributed by atoms with Gasteiger partial charge in [-0.25, -0.2) is 0 Å². The second-order valence-electron chi connectivity index (χ2n) is 6.00. The smallest absolute Gasteiger partial charge is 0.0298 e. The highest BCUT2D eigenvalue weighted by molar-refractivity contribution is 4.80. The highest BCUT2D eigenvalue weighted by Gasteiger charge is 2.29. The third-order valence-electron chi connectivity index (χ3n) is 3.14. The largest absolute Gasteiger partial charge is 0.0628 e. The van der Waals surface area contributed by atoms with Crippen LogP contribution in [0.4, 0.5) is 0 Å². The molecule has 0 radical (unpaired) electrons. The van der Waals surface area contributed by atoms with Crippen molar-refractivity contribution in [1.82, 2.24) is 0 Å². The SMILES string of the molecule is CC(C)CC(C)(CC(C)C)C(C)C. The van der Waals surface area contributed by atoms with Crippen molar-refractivity contribution in [2.24, 2.45) is 23.2 Å². The first kappa shape index (κ1) is 13.0. The van der Waals surface area contributed by atoms with Gasteiger partial charge in [0.1, 0.15) is 0 Å². The molecule has 0 heteroatoms. The van der Waals surface area contributed by atoms with Gasteiger partial charge in [-0.3, -0.25) is 0 Å². The Hall–Kier alpha value is 0. The van der Waals surface area contributed by atoms with Gasteiger partial charge in [-0.05, 0) is 36.0 Å². The zero-order valence-electron chi connectivity index (χ0n) is 10.6. The van der Waals surface area contributed by atoms with Crippen molar-refractivity contribution < 1.29 is 0 Å². The molecule has 0 saturated heterocycles. The molecule has 0 amide bonds. The molecule has 0 saturated carbocycles. The second-order valence-corrected chi connectivity index (χ2v) is 6.00. The van der Waals surface area contributed by atoms with E-state index in [1.54, 1.807) is 0 Å². The summed E-state index contributed by atoms with van der Waals surface area (Å²) in [7, 11) is 0. The molecular formula is C13H28. The minimum atomic E-state index is 0.544. The van der Waals surface area contributed by atoms with Crippen LogP contribution in [-0.2, 0) is 0 Å². The molecule has 0 aromatic carbocycles. The number of rotatable bonds is 5. The predicted molar refractivity (Wildman–Crippen MR) is 61.9 cm³/mol. The molecule has 13 heavy (non-hydrogen) atoms. The monoisotopic (exact) mass is 184 g/mol. The molecule has 0 aromatic heterocycles. The van der Waals surface area contributed by atoms with E-state index in [4.69, 9.17) is 0 Å². The van der Waals surface area contributed by atoms with E-state index in [0.29, 0.717) is 5.41 Å². The molecule has 0 aliphatic heterocycles. The topological polar surface area (TPSA) is 0 Å². The Morgan fingerprint density at radius 3 is 1.23 bits per heavy atom. The van der Waals surface area contributed by atoms with Crippen molar-refractivity contribution in [1.29, 1.82) is 0 Å². The van der Waals surface area contributed by atoms with Crippen LogP contribution in [0.1, 0.15) is 61.3 Å². The summed E-state index contributed by atoms with van der Waals surface area (Å²) in [6.45, 7) is 16.5. The van der Waals surface area contributed by atoms with Crippen LogP contribution in [0.15, 0.2) is 0 Å². The average Bonchev–Trinajstić information content (AvgIpc) is 1.82. The first-order valence-electron chi connectivity index (χ1n) is 5.78. The molecule has 0 N–H and O–H groups in total. The van der Waals surface area contributed by atoms with Gasteiger partial charge >= 0.3 is 0 Å². The van der Waals surface area contributed by atoms with E-state index in [2.05, 4.69) is 48.5 Å². The van der Waals surface area contributed by atoms with Gasteiger partial charge in [0, 0.05) is 0 Å². The van der Waals surface area contributed by atoms with E-state index in [9.17, 15) is 0 Å². The maximum atomic E-state index is 2.46. The van der Waals surface area contributed by atoms with Gasteiger partial charge in [-0.2, -0.15) is 0 Å². The zero-order chi connectivity index (χ0) is 10.6. The molecule has 0 rings (SSSR count). The van der Waals surface area contributed by atoms with Gasteiger partial charge in [0.15, 0.2) is 0 Å². The first-order chi connectivity index (χ1) is 5.78. The lowest BCUT2D eigenvalue weighted by Crippen LogP contribution is -2.27. The van der Waals surface area contributed by atoms with Gasteiger partial charge in [-0.1, -0.05) is 48.5 Å². The van der Waals surface area contributed by atoms with Gasteiger partial charge in [0.05, 0.1) is 0 Å². The van der Waals surface area contributed by atoms with E-state index in [1.807, 2.05) is 0 Å². The molecule has 0 unspecified atom stereocenters. The Balaban J connectivity index is 4.34. The number of hydrogen-bond donors (Lipinski definition) is 0. The highest BCUT2D eigenvalue weighted by atomic mass is 14.3. The van der Waals surface area contributed by atoms with Crippen LogP contribution < -0.4 is 0 Å². The van der Waals surface area contributed by atoms with Crippen molar-refractivity contribution in [3.8, 4) is 0 Å². The fourth-order valence-electron chi connectivity index (χ4n) is 2.42. The molecule has 0 atom stereocenters. The van der Waals surface area contributed by atoms with Gasteiger partial charge in [0.2, 0.25) is 0 Å². The lowest BCUT2D eigenvalue weighted by Gasteiger charge is -2.37. The second kappa shape index (κ2) is 5.02. The Morgan fingerprint density at radius 1 is 0.769 bits per heavy atom. The minimum absolute atomic E-state index is 0.544. The molecule has 80 valence electrons. The third-order valence-corrected chi connectivity index (χ3v) is 3.14. The van der Waals surface area contributed by atoms with E-state index in [-0.39, 0.29) is 0 Å². The highest BCUT2D eigenvalue weighted by Crippen LogP contribution is 2.39. The average molecular weight is 184 g/mol. The fourth-order valence-corrected chi connectivity index (χ4v) is 2.42. The summed E-state index contributed by atoms with van der Waals surface area (Å²) in [6.07, 6.45) is 2.73. The van der Waals surface area contributed by atoms with Crippen LogP contribution in [-0.4, -0.2) is 0 Å². The fraction of sp³-hybridized carbons (Fsp3) is 1.00. The summed E-state index contributed by atoms with van der Waals surface area (Å²) < 4.78 is 0. The van der Waals surface area contributed by atoms with Crippen molar-refractivity contribution in [3.63, 3.8) is 0 Å². The van der Waals surface area contributed by atoms with Crippen LogP contribution in [0.25, 0.3) is 0 Å². The molecule has 0 fully saturated rings. The summed E-state index contributed by atoms with van der Waals surface area (Å²) in [4.78, 5) is 0. The molecular weight excluding hydrogens is 156 g/mol. The van der Waals surface area contributed by atoms with Gasteiger partial charge in [-0.15, -0.1) is 0 Å². The van der Waals surface area contributed by atoms with Crippen LogP contribution in [0.5, 0.6) is 0 Å². The Kier molecular flexibility index (Phi) is 5.02. The zero-order valence-corrected chi connectivity index (χ0v) is 10.6. The lowest BCUT2D eigenvalue weighted by atomic mass is 9.69. The summed E-state index contributed by atoms with van der Waals surface area (Å²) in [5.41, 5.74) is 0.544. The normalized spacial score (nSPS) is 13.4. The van der Waals surface area contributed by atoms with Crippen LogP contribution in [0.3, 0.4) is 0 Å². The molecule has 0 aromatic rings. The minimum Gasteiger partial charge on any atom is -0.0628 e. The summed E-state index contributed by atoms with van der Waals surface area (Å²) >= 11 is 0. The van der Waals surface area contributed by atoms with Crippen molar-refractivity contribution in [3.05, 3.63) is 0 Å². The van der Waals surface area contributed by atoms with Crippen LogP contribution >= 0.6 is 0 Å². The first-order valence-corrected chi connectivity index (χ1v) is 5.78. The van der Waals surface area contributed by atoms with Crippen molar-refractivity contribution >= 4 is 0 Å². The Bertz CT molecular complexity index is 121. The summed E-state index contributed by atoms with van der Waals surface area (Å²) in [5.74, 6) is 2.45. The molecule has 0 nitrogen and oxygen atoms in total. The predicted octanol–water partition coefficient (Wildman–Crippen LogP) is 4.74.